The minimum atomic E-state index is -0.168. The van der Waals surface area contributed by atoms with Gasteiger partial charge >= 0.3 is 0 Å². The molecule has 0 aliphatic heterocycles. The maximum Gasteiger partial charge on any atom is 0.124 e. The van der Waals surface area contributed by atoms with Crippen LogP contribution in [-0.2, 0) is 6.42 Å². The van der Waals surface area contributed by atoms with E-state index in [1.54, 1.807) is 28.7 Å². The van der Waals surface area contributed by atoms with Crippen LogP contribution in [0.5, 0.6) is 0 Å². The number of halogens is 2. The molecule has 2 heterocycles. The third-order valence-electron chi connectivity index (χ3n) is 3.32. The van der Waals surface area contributed by atoms with Crippen molar-refractivity contribution in [3.63, 3.8) is 0 Å². The lowest BCUT2D eigenvalue weighted by atomic mass is 10.1. The van der Waals surface area contributed by atoms with Crippen LogP contribution < -0.4 is 5.32 Å². The Bertz CT molecular complexity index is 750. The summed E-state index contributed by atoms with van der Waals surface area (Å²) in [5.74, 6) is -0.168. The van der Waals surface area contributed by atoms with Crippen molar-refractivity contribution in [1.82, 2.24) is 5.32 Å². The van der Waals surface area contributed by atoms with Gasteiger partial charge in [0, 0.05) is 36.8 Å². The third kappa shape index (κ3) is 3.54. The van der Waals surface area contributed by atoms with Crippen molar-refractivity contribution in [2.24, 2.45) is 0 Å². The van der Waals surface area contributed by atoms with Gasteiger partial charge in [0.25, 0.3) is 0 Å². The summed E-state index contributed by atoms with van der Waals surface area (Å²) in [6, 6.07) is 9.62. The van der Waals surface area contributed by atoms with Gasteiger partial charge in [-0.25, -0.2) is 4.39 Å². The molecular formula is C16H15BrFNS2. The Morgan fingerprint density at radius 1 is 1.29 bits per heavy atom. The van der Waals surface area contributed by atoms with Gasteiger partial charge in [-0.3, -0.25) is 0 Å². The van der Waals surface area contributed by atoms with E-state index in [2.05, 4.69) is 45.7 Å². The number of hydrogen-bond donors (Lipinski definition) is 1. The molecule has 110 valence electrons. The first-order valence-corrected chi connectivity index (χ1v) is 9.30. The van der Waals surface area contributed by atoms with Crippen LogP contribution >= 0.6 is 38.6 Å². The quantitative estimate of drug-likeness (QED) is 0.590. The fraction of sp³-hybridized carbons (Fsp3) is 0.250. The molecule has 21 heavy (non-hydrogen) atoms. The second kappa shape index (κ2) is 6.57. The first-order valence-electron chi connectivity index (χ1n) is 6.81. The highest BCUT2D eigenvalue weighted by Gasteiger charge is 2.15. The monoisotopic (exact) mass is 383 g/mol. The van der Waals surface area contributed by atoms with Crippen molar-refractivity contribution in [3.05, 3.63) is 55.8 Å². The zero-order valence-electron chi connectivity index (χ0n) is 11.5. The van der Waals surface area contributed by atoms with E-state index >= 15 is 0 Å². The molecule has 0 spiro atoms. The Hall–Kier alpha value is -0.750. The van der Waals surface area contributed by atoms with Crippen molar-refractivity contribution >= 4 is 48.7 Å². The van der Waals surface area contributed by atoms with Crippen molar-refractivity contribution in [2.75, 3.05) is 6.54 Å². The summed E-state index contributed by atoms with van der Waals surface area (Å²) in [5.41, 5.74) is 0. The number of nitrogens with one attached hydrogen (secondary N) is 1. The predicted octanol–water partition coefficient (Wildman–Crippen LogP) is 5.76. The number of rotatable bonds is 5. The minimum Gasteiger partial charge on any atom is -0.309 e. The highest BCUT2D eigenvalue weighted by Crippen LogP contribution is 2.33. The number of fused-ring (bicyclic) bond motifs is 1. The van der Waals surface area contributed by atoms with Crippen LogP contribution in [0.25, 0.3) is 10.1 Å². The van der Waals surface area contributed by atoms with Gasteiger partial charge in [0.05, 0.1) is 0 Å². The second-order valence-electron chi connectivity index (χ2n) is 4.88. The molecule has 1 nitrogen and oxygen atoms in total. The van der Waals surface area contributed by atoms with E-state index in [9.17, 15) is 4.39 Å². The molecular weight excluding hydrogens is 369 g/mol. The molecule has 0 aliphatic rings. The van der Waals surface area contributed by atoms with Gasteiger partial charge in [-0.2, -0.15) is 0 Å². The number of thiophene rings is 2. The van der Waals surface area contributed by atoms with Gasteiger partial charge < -0.3 is 5.32 Å². The molecule has 3 rings (SSSR count). The highest BCUT2D eigenvalue weighted by molar-refractivity contribution is 9.10. The Balaban J connectivity index is 1.90. The maximum absolute atomic E-state index is 13.3. The molecule has 1 aromatic carbocycles. The molecule has 3 aromatic rings. The van der Waals surface area contributed by atoms with E-state index in [1.807, 2.05) is 6.07 Å². The molecule has 0 fully saturated rings. The number of likely N-dealkylation sites (N-methyl/N-ethyl adjacent to an activating group) is 1. The van der Waals surface area contributed by atoms with Gasteiger partial charge in [-0.1, -0.05) is 13.0 Å². The lowest BCUT2D eigenvalue weighted by Gasteiger charge is -2.15. The van der Waals surface area contributed by atoms with Gasteiger partial charge in [-0.05, 0) is 52.1 Å². The van der Waals surface area contributed by atoms with E-state index in [0.717, 1.165) is 27.5 Å². The largest absolute Gasteiger partial charge is 0.309 e. The van der Waals surface area contributed by atoms with E-state index in [1.165, 1.54) is 15.8 Å². The molecule has 1 unspecified atom stereocenters. The molecule has 2 aromatic heterocycles. The SMILES string of the molecule is CCNC(Cc1cc(Br)cs1)c1cc2ccc(F)cc2s1. The molecule has 0 saturated heterocycles. The standard InChI is InChI=1S/C16H15BrFNS2/c1-2-19-14(8-13-6-11(17)9-20-13)16-5-10-3-4-12(18)7-15(10)21-16/h3-7,9,14,19H,2,8H2,1H3. The topological polar surface area (TPSA) is 12.0 Å². The van der Waals surface area contributed by atoms with Gasteiger partial charge in [-0.15, -0.1) is 22.7 Å². The first-order chi connectivity index (χ1) is 10.2. The Labute approximate surface area is 139 Å². The van der Waals surface area contributed by atoms with Gasteiger partial charge in [0.2, 0.25) is 0 Å². The molecule has 0 bridgehead atoms. The summed E-state index contributed by atoms with van der Waals surface area (Å²) < 4.78 is 15.5. The number of hydrogen-bond acceptors (Lipinski definition) is 3. The smallest absolute Gasteiger partial charge is 0.124 e. The third-order valence-corrected chi connectivity index (χ3v) is 6.25. The van der Waals surface area contributed by atoms with Crippen LogP contribution in [0.3, 0.4) is 0 Å². The normalized spacial score (nSPS) is 12.9. The first kappa shape index (κ1) is 15.2. The molecule has 5 heteroatoms. The summed E-state index contributed by atoms with van der Waals surface area (Å²) in [6.07, 6.45) is 0.958. The van der Waals surface area contributed by atoms with E-state index in [4.69, 9.17) is 0 Å². The zero-order valence-corrected chi connectivity index (χ0v) is 14.7. The van der Waals surface area contributed by atoms with Crippen LogP contribution in [0, 0.1) is 5.82 Å². The molecule has 0 radical (unpaired) electrons. The van der Waals surface area contributed by atoms with Crippen LogP contribution in [0.4, 0.5) is 4.39 Å². The van der Waals surface area contributed by atoms with Crippen molar-refractivity contribution < 1.29 is 4.39 Å². The van der Waals surface area contributed by atoms with Gasteiger partial charge in [0.1, 0.15) is 5.82 Å². The molecule has 1 N–H and O–H groups in total. The summed E-state index contributed by atoms with van der Waals surface area (Å²) >= 11 is 6.95. The lowest BCUT2D eigenvalue weighted by molar-refractivity contribution is 0.562. The lowest BCUT2D eigenvalue weighted by Crippen LogP contribution is -2.21. The summed E-state index contributed by atoms with van der Waals surface area (Å²) in [4.78, 5) is 2.61. The fourth-order valence-electron chi connectivity index (χ4n) is 2.38. The van der Waals surface area contributed by atoms with Crippen LogP contribution in [-0.4, -0.2) is 6.54 Å². The van der Waals surface area contributed by atoms with E-state index in [0.29, 0.717) is 0 Å². The maximum atomic E-state index is 13.3. The Kier molecular flexibility index (Phi) is 4.74. The van der Waals surface area contributed by atoms with Crippen LogP contribution in [0.15, 0.2) is 40.2 Å². The molecule has 0 saturated carbocycles. The van der Waals surface area contributed by atoms with Crippen LogP contribution in [0.2, 0.25) is 0 Å². The zero-order chi connectivity index (χ0) is 14.8. The summed E-state index contributed by atoms with van der Waals surface area (Å²) in [5, 5.41) is 6.77. The Morgan fingerprint density at radius 3 is 2.86 bits per heavy atom. The second-order valence-corrected chi connectivity index (χ2v) is 7.90. The van der Waals surface area contributed by atoms with Crippen molar-refractivity contribution in [1.29, 1.82) is 0 Å². The van der Waals surface area contributed by atoms with E-state index in [-0.39, 0.29) is 11.9 Å². The van der Waals surface area contributed by atoms with Crippen LogP contribution in [0.1, 0.15) is 22.7 Å². The van der Waals surface area contributed by atoms with Crippen molar-refractivity contribution in [2.45, 2.75) is 19.4 Å². The molecule has 0 amide bonds. The summed E-state index contributed by atoms with van der Waals surface area (Å²) in [7, 11) is 0. The average molecular weight is 384 g/mol. The Morgan fingerprint density at radius 2 is 2.14 bits per heavy atom. The molecule has 0 aliphatic carbocycles. The van der Waals surface area contributed by atoms with E-state index < -0.39 is 0 Å². The summed E-state index contributed by atoms with van der Waals surface area (Å²) in [6.45, 7) is 3.03. The fourth-order valence-corrected chi connectivity index (χ4v) is 5.04. The van der Waals surface area contributed by atoms with Crippen molar-refractivity contribution in [3.8, 4) is 0 Å². The predicted molar refractivity (Wildman–Crippen MR) is 93.9 cm³/mol. The highest BCUT2D eigenvalue weighted by atomic mass is 79.9. The van der Waals surface area contributed by atoms with Gasteiger partial charge in [0.15, 0.2) is 0 Å². The molecule has 1 atom stereocenters. The average Bonchev–Trinajstić information content (AvgIpc) is 3.04. The minimum absolute atomic E-state index is 0.168. The number of benzene rings is 1.